The lowest BCUT2D eigenvalue weighted by atomic mass is 10.0. The standard InChI is InChI=1S/C18H18O2/c1-12-5-4-6-16(9-12)17(19)8-7-15-10-13(2)18(20)14(3)11-15/h4-11,20H,1-3H3/b8-7+. The van der Waals surface area contributed by atoms with Gasteiger partial charge in [-0.1, -0.05) is 29.8 Å². The molecule has 102 valence electrons. The van der Waals surface area contributed by atoms with E-state index >= 15 is 0 Å². The summed E-state index contributed by atoms with van der Waals surface area (Å²) in [5.74, 6) is 0.296. The maximum absolute atomic E-state index is 12.1. The van der Waals surface area contributed by atoms with Gasteiger partial charge in [-0.3, -0.25) is 4.79 Å². The highest BCUT2D eigenvalue weighted by Gasteiger charge is 2.03. The van der Waals surface area contributed by atoms with Gasteiger partial charge in [-0.05, 0) is 61.7 Å². The Bertz CT molecular complexity index is 659. The van der Waals surface area contributed by atoms with E-state index in [0.717, 1.165) is 22.3 Å². The molecule has 0 heterocycles. The quantitative estimate of drug-likeness (QED) is 0.667. The summed E-state index contributed by atoms with van der Waals surface area (Å²) in [4.78, 5) is 12.1. The smallest absolute Gasteiger partial charge is 0.185 e. The average Bonchev–Trinajstić information content (AvgIpc) is 2.42. The van der Waals surface area contributed by atoms with Gasteiger partial charge in [0, 0.05) is 5.56 Å². The number of hydrogen-bond acceptors (Lipinski definition) is 2. The fourth-order valence-corrected chi connectivity index (χ4v) is 2.15. The summed E-state index contributed by atoms with van der Waals surface area (Å²) in [5, 5.41) is 9.73. The molecule has 0 unspecified atom stereocenters. The second-order valence-electron chi connectivity index (χ2n) is 5.07. The Morgan fingerprint density at radius 2 is 1.70 bits per heavy atom. The Morgan fingerprint density at radius 3 is 2.30 bits per heavy atom. The molecule has 2 rings (SSSR count). The molecule has 0 saturated heterocycles. The van der Waals surface area contributed by atoms with Crippen LogP contribution in [-0.4, -0.2) is 10.9 Å². The van der Waals surface area contributed by atoms with Crippen LogP contribution >= 0.6 is 0 Å². The first-order chi connectivity index (χ1) is 9.47. The van der Waals surface area contributed by atoms with Gasteiger partial charge in [0.1, 0.15) is 5.75 Å². The second-order valence-corrected chi connectivity index (χ2v) is 5.07. The molecule has 0 atom stereocenters. The highest BCUT2D eigenvalue weighted by molar-refractivity contribution is 6.06. The first kappa shape index (κ1) is 14.1. The zero-order chi connectivity index (χ0) is 14.7. The SMILES string of the molecule is Cc1cccc(C(=O)/C=C/c2cc(C)c(O)c(C)c2)c1. The Balaban J connectivity index is 2.23. The van der Waals surface area contributed by atoms with Crippen molar-refractivity contribution in [2.75, 3.05) is 0 Å². The molecule has 0 radical (unpaired) electrons. The van der Waals surface area contributed by atoms with Crippen molar-refractivity contribution in [3.63, 3.8) is 0 Å². The van der Waals surface area contributed by atoms with E-state index in [4.69, 9.17) is 0 Å². The van der Waals surface area contributed by atoms with Crippen molar-refractivity contribution in [3.05, 3.63) is 70.3 Å². The molecule has 0 aliphatic rings. The average molecular weight is 266 g/mol. The van der Waals surface area contributed by atoms with Gasteiger partial charge in [-0.2, -0.15) is 0 Å². The van der Waals surface area contributed by atoms with Crippen molar-refractivity contribution in [2.24, 2.45) is 0 Å². The van der Waals surface area contributed by atoms with Gasteiger partial charge >= 0.3 is 0 Å². The maximum atomic E-state index is 12.1. The number of aromatic hydroxyl groups is 1. The third-order valence-electron chi connectivity index (χ3n) is 3.24. The molecule has 0 fully saturated rings. The van der Waals surface area contributed by atoms with E-state index in [2.05, 4.69) is 0 Å². The summed E-state index contributed by atoms with van der Waals surface area (Å²) in [6, 6.07) is 11.3. The van der Waals surface area contributed by atoms with Gasteiger partial charge in [-0.25, -0.2) is 0 Å². The number of benzene rings is 2. The molecule has 0 spiro atoms. The number of carbonyl (C=O) groups is 1. The van der Waals surface area contributed by atoms with Gasteiger partial charge in [0.2, 0.25) is 0 Å². The van der Waals surface area contributed by atoms with Crippen molar-refractivity contribution in [1.82, 2.24) is 0 Å². The van der Waals surface area contributed by atoms with Crippen molar-refractivity contribution >= 4 is 11.9 Å². The summed E-state index contributed by atoms with van der Waals surface area (Å²) < 4.78 is 0. The van der Waals surface area contributed by atoms with Gasteiger partial charge in [0.25, 0.3) is 0 Å². The van der Waals surface area contributed by atoms with Crippen LogP contribution in [0, 0.1) is 20.8 Å². The number of allylic oxidation sites excluding steroid dienone is 1. The minimum absolute atomic E-state index is 0.0166. The van der Waals surface area contributed by atoms with E-state index in [1.54, 1.807) is 12.2 Å². The number of rotatable bonds is 3. The summed E-state index contributed by atoms with van der Waals surface area (Å²) >= 11 is 0. The molecule has 2 nitrogen and oxygen atoms in total. The van der Waals surface area contributed by atoms with E-state index in [0.29, 0.717) is 11.3 Å². The lowest BCUT2D eigenvalue weighted by Crippen LogP contribution is -1.94. The van der Waals surface area contributed by atoms with Crippen LogP contribution in [0.15, 0.2) is 42.5 Å². The number of phenols is 1. The summed E-state index contributed by atoms with van der Waals surface area (Å²) in [7, 11) is 0. The third kappa shape index (κ3) is 3.15. The minimum atomic E-state index is -0.0166. The van der Waals surface area contributed by atoms with Crippen LogP contribution in [0.5, 0.6) is 5.75 Å². The summed E-state index contributed by atoms with van der Waals surface area (Å²) in [6.07, 6.45) is 3.35. The molecular weight excluding hydrogens is 248 g/mol. The Hall–Kier alpha value is -2.35. The van der Waals surface area contributed by atoms with Crippen LogP contribution in [0.25, 0.3) is 6.08 Å². The number of aryl methyl sites for hydroxylation is 3. The van der Waals surface area contributed by atoms with Crippen LogP contribution in [0.4, 0.5) is 0 Å². The van der Waals surface area contributed by atoms with Crippen LogP contribution in [0.3, 0.4) is 0 Å². The monoisotopic (exact) mass is 266 g/mol. The number of phenolic OH excluding ortho intramolecular Hbond substituents is 1. The van der Waals surface area contributed by atoms with E-state index in [-0.39, 0.29) is 5.78 Å². The largest absolute Gasteiger partial charge is 0.507 e. The third-order valence-corrected chi connectivity index (χ3v) is 3.24. The van der Waals surface area contributed by atoms with Gasteiger partial charge in [0.15, 0.2) is 5.78 Å². The lowest BCUT2D eigenvalue weighted by molar-refractivity contribution is 0.104. The van der Waals surface area contributed by atoms with E-state index in [1.165, 1.54) is 0 Å². The van der Waals surface area contributed by atoms with E-state index in [1.807, 2.05) is 57.2 Å². The van der Waals surface area contributed by atoms with Crippen molar-refractivity contribution in [3.8, 4) is 5.75 Å². The lowest BCUT2D eigenvalue weighted by Gasteiger charge is -2.04. The molecule has 1 N–H and O–H groups in total. The molecule has 20 heavy (non-hydrogen) atoms. The fraction of sp³-hybridized carbons (Fsp3) is 0.167. The second kappa shape index (κ2) is 5.74. The van der Waals surface area contributed by atoms with Gasteiger partial charge < -0.3 is 5.11 Å². The molecule has 2 heteroatoms. The molecule has 0 bridgehead atoms. The van der Waals surface area contributed by atoms with Crippen molar-refractivity contribution in [2.45, 2.75) is 20.8 Å². The maximum Gasteiger partial charge on any atom is 0.185 e. The normalized spacial score (nSPS) is 10.9. The molecule has 0 aliphatic heterocycles. The Kier molecular flexibility index (Phi) is 4.04. The molecule has 2 aromatic carbocycles. The number of ketones is 1. The number of carbonyl (C=O) groups excluding carboxylic acids is 1. The van der Waals surface area contributed by atoms with Crippen LogP contribution in [0.1, 0.15) is 32.6 Å². The molecule has 0 amide bonds. The minimum Gasteiger partial charge on any atom is -0.507 e. The van der Waals surface area contributed by atoms with Crippen LogP contribution < -0.4 is 0 Å². The van der Waals surface area contributed by atoms with Crippen molar-refractivity contribution < 1.29 is 9.90 Å². The van der Waals surface area contributed by atoms with Gasteiger partial charge in [-0.15, -0.1) is 0 Å². The first-order valence-electron chi connectivity index (χ1n) is 6.56. The fourth-order valence-electron chi connectivity index (χ4n) is 2.15. The highest BCUT2D eigenvalue weighted by Crippen LogP contribution is 2.23. The molecule has 0 saturated carbocycles. The molecule has 2 aromatic rings. The zero-order valence-electron chi connectivity index (χ0n) is 12.0. The first-order valence-corrected chi connectivity index (χ1v) is 6.56. The predicted octanol–water partition coefficient (Wildman–Crippen LogP) is 4.21. The predicted molar refractivity (Wildman–Crippen MR) is 82.1 cm³/mol. The van der Waals surface area contributed by atoms with Crippen LogP contribution in [0.2, 0.25) is 0 Å². The van der Waals surface area contributed by atoms with Gasteiger partial charge in [0.05, 0.1) is 0 Å². The Morgan fingerprint density at radius 1 is 1.05 bits per heavy atom. The van der Waals surface area contributed by atoms with E-state index in [9.17, 15) is 9.90 Å². The number of hydrogen-bond donors (Lipinski definition) is 1. The molecule has 0 aromatic heterocycles. The van der Waals surface area contributed by atoms with Crippen LogP contribution in [-0.2, 0) is 0 Å². The zero-order valence-corrected chi connectivity index (χ0v) is 12.0. The topological polar surface area (TPSA) is 37.3 Å². The van der Waals surface area contributed by atoms with Crippen molar-refractivity contribution in [1.29, 1.82) is 0 Å². The Labute approximate surface area is 119 Å². The molecular formula is C18H18O2. The molecule has 0 aliphatic carbocycles. The summed E-state index contributed by atoms with van der Waals surface area (Å²) in [5.41, 5.74) is 4.30. The summed E-state index contributed by atoms with van der Waals surface area (Å²) in [6.45, 7) is 5.66. The highest BCUT2D eigenvalue weighted by atomic mass is 16.3. The van der Waals surface area contributed by atoms with E-state index < -0.39 is 0 Å².